The molecule has 0 aliphatic heterocycles. The minimum absolute atomic E-state index is 0.643. The first-order valence-electron chi connectivity index (χ1n) is 3.52. The lowest BCUT2D eigenvalue weighted by Crippen LogP contribution is -1.65. The molecule has 2 rings (SSSR count). The minimum atomic E-state index is 0.643. The summed E-state index contributed by atoms with van der Waals surface area (Å²) in [6, 6.07) is 7.44. The maximum absolute atomic E-state index is 8.19. The molecule has 58 valence electrons. The van der Waals surface area contributed by atoms with Crippen molar-refractivity contribution in [2.24, 2.45) is 5.11 Å². The molecular weight excluding hydrogens is 152 g/mol. The fourth-order valence-corrected chi connectivity index (χ4v) is 1.15. The van der Waals surface area contributed by atoms with Crippen LogP contribution < -0.4 is 0 Å². The van der Waals surface area contributed by atoms with Crippen LogP contribution in [0.5, 0.6) is 0 Å². The quantitative estimate of drug-likeness (QED) is 0.376. The summed E-state index contributed by atoms with van der Waals surface area (Å²) in [5, 5.41) is 4.56. The van der Waals surface area contributed by atoms with Crippen molar-refractivity contribution in [2.45, 2.75) is 0 Å². The lowest BCUT2D eigenvalue weighted by molar-refractivity contribution is 1.46. The van der Waals surface area contributed by atoms with Gasteiger partial charge in [0.05, 0.1) is 0 Å². The average Bonchev–Trinajstić information content (AvgIpc) is 2.51. The molecule has 12 heavy (non-hydrogen) atoms. The van der Waals surface area contributed by atoms with Crippen molar-refractivity contribution in [3.05, 3.63) is 40.9 Å². The van der Waals surface area contributed by atoms with E-state index in [1.807, 2.05) is 24.4 Å². The highest BCUT2D eigenvalue weighted by atomic mass is 15.1. The number of azide groups is 1. The molecule has 2 aromatic rings. The van der Waals surface area contributed by atoms with Crippen LogP contribution in [0.2, 0.25) is 0 Å². The normalized spacial score (nSPS) is 9.67. The molecule has 1 heterocycles. The highest BCUT2D eigenvalue weighted by Crippen LogP contribution is 2.19. The predicted octanol–water partition coefficient (Wildman–Crippen LogP) is 3.11. The number of nitrogens with one attached hydrogen (secondary N) is 1. The Hall–Kier alpha value is -1.93. The Bertz CT molecular complexity index is 451. The fraction of sp³-hybridized carbons (Fsp3) is 0. The summed E-state index contributed by atoms with van der Waals surface area (Å²) >= 11 is 0. The molecule has 0 bridgehead atoms. The van der Waals surface area contributed by atoms with Crippen LogP contribution in [0, 0.1) is 0 Å². The second-order valence-corrected chi connectivity index (χ2v) is 2.44. The van der Waals surface area contributed by atoms with E-state index >= 15 is 0 Å². The second kappa shape index (κ2) is 2.60. The highest BCUT2D eigenvalue weighted by molar-refractivity contribution is 5.82. The number of benzene rings is 1. The third kappa shape index (κ3) is 1.00. The van der Waals surface area contributed by atoms with Gasteiger partial charge in [-0.3, -0.25) is 0 Å². The molecule has 0 fully saturated rings. The second-order valence-electron chi connectivity index (χ2n) is 2.44. The Labute approximate surface area is 68.5 Å². The van der Waals surface area contributed by atoms with Gasteiger partial charge in [-0.05, 0) is 29.1 Å². The Balaban J connectivity index is 2.67. The zero-order chi connectivity index (χ0) is 8.39. The highest BCUT2D eigenvalue weighted by Gasteiger charge is 1.93. The Morgan fingerprint density at radius 3 is 3.08 bits per heavy atom. The molecule has 0 spiro atoms. The van der Waals surface area contributed by atoms with Crippen LogP contribution in [0.4, 0.5) is 5.69 Å². The first-order valence-corrected chi connectivity index (χ1v) is 3.52. The maximum atomic E-state index is 8.19. The van der Waals surface area contributed by atoms with Gasteiger partial charge in [0.1, 0.15) is 0 Å². The monoisotopic (exact) mass is 158 g/mol. The molecule has 0 atom stereocenters. The fourth-order valence-electron chi connectivity index (χ4n) is 1.15. The molecule has 0 aliphatic carbocycles. The number of aromatic amines is 1. The molecule has 4 nitrogen and oxygen atoms in total. The van der Waals surface area contributed by atoms with Crippen LogP contribution >= 0.6 is 0 Å². The van der Waals surface area contributed by atoms with Gasteiger partial charge in [-0.1, -0.05) is 11.2 Å². The number of aromatic nitrogens is 1. The van der Waals surface area contributed by atoms with E-state index in [0.29, 0.717) is 5.69 Å². The first-order chi connectivity index (χ1) is 5.90. The van der Waals surface area contributed by atoms with Crippen molar-refractivity contribution in [3.8, 4) is 0 Å². The van der Waals surface area contributed by atoms with Gasteiger partial charge in [0, 0.05) is 22.3 Å². The van der Waals surface area contributed by atoms with Gasteiger partial charge in [0.15, 0.2) is 0 Å². The largest absolute Gasteiger partial charge is 0.361 e. The topological polar surface area (TPSA) is 64.6 Å². The smallest absolute Gasteiger partial charge is 0.0454 e. The summed E-state index contributed by atoms with van der Waals surface area (Å²) in [6.07, 6.45) is 1.85. The first kappa shape index (κ1) is 6.76. The summed E-state index contributed by atoms with van der Waals surface area (Å²) in [5.74, 6) is 0. The molecule has 0 saturated heterocycles. The van der Waals surface area contributed by atoms with Crippen LogP contribution in [0.1, 0.15) is 0 Å². The van der Waals surface area contributed by atoms with Crippen molar-refractivity contribution in [1.29, 1.82) is 0 Å². The van der Waals surface area contributed by atoms with Gasteiger partial charge in [0.25, 0.3) is 0 Å². The third-order valence-corrected chi connectivity index (χ3v) is 1.70. The number of fused-ring (bicyclic) bond motifs is 1. The van der Waals surface area contributed by atoms with Crippen molar-refractivity contribution < 1.29 is 0 Å². The van der Waals surface area contributed by atoms with E-state index in [2.05, 4.69) is 15.0 Å². The third-order valence-electron chi connectivity index (χ3n) is 1.70. The Morgan fingerprint density at radius 1 is 1.33 bits per heavy atom. The molecule has 0 unspecified atom stereocenters. The molecule has 1 N–H and O–H groups in total. The average molecular weight is 158 g/mol. The van der Waals surface area contributed by atoms with E-state index in [-0.39, 0.29) is 0 Å². The zero-order valence-electron chi connectivity index (χ0n) is 6.23. The molecule has 0 aliphatic rings. The van der Waals surface area contributed by atoms with Crippen molar-refractivity contribution in [2.75, 3.05) is 0 Å². The molecule has 4 heteroatoms. The van der Waals surface area contributed by atoms with E-state index < -0.39 is 0 Å². The Morgan fingerprint density at radius 2 is 2.25 bits per heavy atom. The van der Waals surface area contributed by atoms with Gasteiger partial charge in [-0.15, -0.1) is 0 Å². The zero-order valence-corrected chi connectivity index (χ0v) is 6.23. The van der Waals surface area contributed by atoms with Gasteiger partial charge in [0.2, 0.25) is 0 Å². The van der Waals surface area contributed by atoms with E-state index in [0.717, 1.165) is 10.9 Å². The summed E-state index contributed by atoms with van der Waals surface area (Å²) in [5.41, 5.74) is 9.88. The van der Waals surface area contributed by atoms with Crippen LogP contribution in [0.3, 0.4) is 0 Å². The number of H-pyrrole nitrogens is 1. The lowest BCUT2D eigenvalue weighted by atomic mass is 10.2. The minimum Gasteiger partial charge on any atom is -0.361 e. The summed E-state index contributed by atoms with van der Waals surface area (Å²) in [4.78, 5) is 5.77. The van der Waals surface area contributed by atoms with Gasteiger partial charge >= 0.3 is 0 Å². The van der Waals surface area contributed by atoms with E-state index in [9.17, 15) is 0 Å². The maximum Gasteiger partial charge on any atom is 0.0454 e. The lowest BCUT2D eigenvalue weighted by Gasteiger charge is -1.90. The standard InChI is InChI=1S/C8H6N4/c9-12-11-7-1-2-8-6(5-7)3-4-10-8/h1-5,10H. The SMILES string of the molecule is [N-]=[N+]=Nc1ccc2[nH]ccc2c1. The van der Waals surface area contributed by atoms with Crippen molar-refractivity contribution >= 4 is 16.6 Å². The molecular formula is C8H6N4. The van der Waals surface area contributed by atoms with E-state index in [1.54, 1.807) is 6.07 Å². The summed E-state index contributed by atoms with van der Waals surface area (Å²) < 4.78 is 0. The van der Waals surface area contributed by atoms with Crippen LogP contribution in [-0.4, -0.2) is 4.98 Å². The van der Waals surface area contributed by atoms with Crippen molar-refractivity contribution in [1.82, 2.24) is 4.98 Å². The number of rotatable bonds is 1. The molecule has 1 aromatic heterocycles. The van der Waals surface area contributed by atoms with Gasteiger partial charge in [-0.2, -0.15) is 0 Å². The van der Waals surface area contributed by atoms with Crippen LogP contribution in [0.15, 0.2) is 35.6 Å². The molecule has 0 amide bonds. The molecule has 1 aromatic carbocycles. The molecule has 0 saturated carbocycles. The van der Waals surface area contributed by atoms with Gasteiger partial charge in [-0.25, -0.2) is 0 Å². The Kier molecular flexibility index (Phi) is 1.47. The van der Waals surface area contributed by atoms with Crippen molar-refractivity contribution in [3.63, 3.8) is 0 Å². The van der Waals surface area contributed by atoms with Crippen LogP contribution in [0.25, 0.3) is 21.3 Å². The van der Waals surface area contributed by atoms with E-state index in [1.165, 1.54) is 0 Å². The number of hydrogen-bond acceptors (Lipinski definition) is 1. The number of nitrogens with zero attached hydrogens (tertiary/aromatic N) is 3. The van der Waals surface area contributed by atoms with E-state index in [4.69, 9.17) is 5.53 Å². The molecule has 0 radical (unpaired) electrons. The summed E-state index contributed by atoms with van der Waals surface area (Å²) in [7, 11) is 0. The predicted molar refractivity (Wildman–Crippen MR) is 47.1 cm³/mol. The number of hydrogen-bond donors (Lipinski definition) is 1. The van der Waals surface area contributed by atoms with Crippen LogP contribution in [-0.2, 0) is 0 Å². The van der Waals surface area contributed by atoms with Gasteiger partial charge < -0.3 is 4.98 Å². The summed E-state index contributed by atoms with van der Waals surface area (Å²) in [6.45, 7) is 0.